The van der Waals surface area contributed by atoms with E-state index in [1.54, 1.807) is 0 Å². The summed E-state index contributed by atoms with van der Waals surface area (Å²) in [6, 6.07) is 0. The molecule has 0 aliphatic heterocycles. The number of hydrogen-bond donors (Lipinski definition) is 1. The van der Waals surface area contributed by atoms with Crippen LogP contribution in [0.1, 0.15) is 168 Å². The van der Waals surface area contributed by atoms with Crippen molar-refractivity contribution < 1.29 is 37.3 Å². The summed E-state index contributed by atoms with van der Waals surface area (Å²) >= 11 is 0. The van der Waals surface area contributed by atoms with Gasteiger partial charge in [-0.2, -0.15) is 0 Å². The van der Waals surface area contributed by atoms with Gasteiger partial charge in [-0.3, -0.25) is 13.8 Å². The Hall–Kier alpha value is -1.80. The fourth-order valence-electron chi connectivity index (χ4n) is 5.65. The molecule has 0 aromatic heterocycles. The van der Waals surface area contributed by atoms with Crippen molar-refractivity contribution >= 4 is 13.8 Å². The van der Waals surface area contributed by atoms with Gasteiger partial charge in [-0.15, -0.1) is 0 Å². The Morgan fingerprint density at radius 2 is 1.05 bits per heavy atom. The molecule has 0 spiro atoms. The molecule has 320 valence electrons. The van der Waals surface area contributed by atoms with Crippen LogP contribution in [0.4, 0.5) is 0 Å². The van der Waals surface area contributed by atoms with E-state index in [9.17, 15) is 14.3 Å². The molecule has 0 aromatic carbocycles. The number of nitrogens with zero attached hydrogens (tertiary/aromatic N) is 1. The first kappa shape index (κ1) is 53.2. The van der Waals surface area contributed by atoms with E-state index < -0.39 is 13.9 Å². The van der Waals surface area contributed by atoms with Gasteiger partial charge in [0.15, 0.2) is 0 Å². The summed E-state index contributed by atoms with van der Waals surface area (Å²) in [4.78, 5) is 22.9. The summed E-state index contributed by atoms with van der Waals surface area (Å²) in [7, 11) is 1.64. The molecule has 0 aromatic rings. The van der Waals surface area contributed by atoms with E-state index in [-0.39, 0.29) is 25.8 Å². The van der Waals surface area contributed by atoms with Crippen LogP contribution in [0.5, 0.6) is 0 Å². The average Bonchev–Trinajstić information content (AvgIpc) is 3.13. The van der Waals surface area contributed by atoms with Crippen molar-refractivity contribution in [3.63, 3.8) is 0 Å². The summed E-state index contributed by atoms with van der Waals surface area (Å²) in [5, 5.41) is 0. The number of carbonyl (C=O) groups excluding carboxylic acids is 1. The molecular formula is C46H85NO7P+. The number of allylic oxidation sites excluding steroid dienone is 10. The van der Waals surface area contributed by atoms with Crippen molar-refractivity contribution in [3.05, 3.63) is 60.8 Å². The lowest BCUT2D eigenvalue weighted by Crippen LogP contribution is -2.37. The SMILES string of the molecule is CC/C=C\C/C=C\C/C=C\CCCCCCCC(=O)OC(COCCCCCCCCCC/C=C\C/C=C\CCCCC)COP(=O)(O)OCC[N+](C)(C)C. The summed E-state index contributed by atoms with van der Waals surface area (Å²) in [5.41, 5.74) is 0. The molecular weight excluding hydrogens is 709 g/mol. The largest absolute Gasteiger partial charge is 0.472 e. The van der Waals surface area contributed by atoms with Crippen LogP contribution >= 0.6 is 7.82 Å². The van der Waals surface area contributed by atoms with Gasteiger partial charge in [-0.05, 0) is 77.0 Å². The lowest BCUT2D eigenvalue weighted by atomic mass is 10.1. The smallest absolute Gasteiger partial charge is 0.457 e. The van der Waals surface area contributed by atoms with Crippen molar-refractivity contribution in [1.82, 2.24) is 0 Å². The standard InChI is InChI=1S/C46H84NO7P/c1-6-8-10-12-14-16-18-20-22-23-24-26-28-30-32-34-36-38-41-51-43-45(44-53-55(49,50)52-42-40-47(3,4)5)54-46(48)39-37-35-33-31-29-27-25-21-19-17-15-13-11-9-7-2/h9,11,14-17,20-22,25,45H,6-8,10,12-13,18-19,23-24,26-44H2,1-5H3/p+1/b11-9-,16-14-,17-15-,22-20-,25-21-. The minimum absolute atomic E-state index is 0.0811. The molecule has 0 fully saturated rings. The van der Waals surface area contributed by atoms with E-state index >= 15 is 0 Å². The number of ether oxygens (including phenoxy) is 2. The number of unbranched alkanes of at least 4 members (excludes halogenated alkanes) is 16. The maximum atomic E-state index is 12.7. The number of quaternary nitrogens is 1. The molecule has 0 bridgehead atoms. The van der Waals surface area contributed by atoms with Gasteiger partial charge in [0.25, 0.3) is 0 Å². The summed E-state index contributed by atoms with van der Waals surface area (Å²) in [6.07, 6.45) is 48.2. The Morgan fingerprint density at radius 3 is 1.58 bits per heavy atom. The van der Waals surface area contributed by atoms with E-state index in [1.165, 1.54) is 70.6 Å². The second-order valence-electron chi connectivity index (χ2n) is 15.7. The zero-order valence-electron chi connectivity index (χ0n) is 36.1. The molecule has 0 saturated heterocycles. The number of phosphoric acid groups is 1. The van der Waals surface area contributed by atoms with Crippen LogP contribution in [-0.4, -0.2) is 75.6 Å². The number of hydrogen-bond acceptors (Lipinski definition) is 6. The van der Waals surface area contributed by atoms with Crippen LogP contribution in [0.15, 0.2) is 60.8 Å². The van der Waals surface area contributed by atoms with Crippen molar-refractivity contribution in [3.8, 4) is 0 Å². The molecule has 0 amide bonds. The Balaban J connectivity index is 4.27. The minimum Gasteiger partial charge on any atom is -0.457 e. The first-order valence-corrected chi connectivity index (χ1v) is 23.5. The van der Waals surface area contributed by atoms with Crippen LogP contribution in [0.2, 0.25) is 0 Å². The third-order valence-electron chi connectivity index (χ3n) is 9.06. The van der Waals surface area contributed by atoms with E-state index in [1.807, 2.05) is 21.1 Å². The van der Waals surface area contributed by atoms with Gasteiger partial charge in [-0.1, -0.05) is 145 Å². The van der Waals surface area contributed by atoms with Gasteiger partial charge in [0.05, 0.1) is 34.4 Å². The van der Waals surface area contributed by atoms with Gasteiger partial charge < -0.3 is 18.9 Å². The fraction of sp³-hybridized carbons (Fsp3) is 0.761. The van der Waals surface area contributed by atoms with E-state index in [4.69, 9.17) is 18.5 Å². The maximum Gasteiger partial charge on any atom is 0.472 e. The third-order valence-corrected chi connectivity index (χ3v) is 10.0. The molecule has 0 saturated carbocycles. The van der Waals surface area contributed by atoms with Crippen LogP contribution in [0.3, 0.4) is 0 Å². The van der Waals surface area contributed by atoms with Crippen molar-refractivity contribution in [2.75, 3.05) is 54.1 Å². The van der Waals surface area contributed by atoms with Crippen LogP contribution in [0.25, 0.3) is 0 Å². The highest BCUT2D eigenvalue weighted by molar-refractivity contribution is 7.47. The molecule has 8 nitrogen and oxygen atoms in total. The van der Waals surface area contributed by atoms with E-state index in [0.717, 1.165) is 77.0 Å². The molecule has 0 radical (unpaired) electrons. The monoisotopic (exact) mass is 795 g/mol. The summed E-state index contributed by atoms with van der Waals surface area (Å²) in [6.45, 7) is 5.44. The predicted octanol–water partition coefficient (Wildman–Crippen LogP) is 12.9. The number of phosphoric ester groups is 1. The van der Waals surface area contributed by atoms with Crippen LogP contribution < -0.4 is 0 Å². The quantitative estimate of drug-likeness (QED) is 0.0217. The second-order valence-corrected chi connectivity index (χ2v) is 17.1. The van der Waals surface area contributed by atoms with Crippen LogP contribution in [0, 0.1) is 0 Å². The van der Waals surface area contributed by atoms with Gasteiger partial charge in [-0.25, -0.2) is 4.57 Å². The van der Waals surface area contributed by atoms with E-state index in [2.05, 4.69) is 74.6 Å². The molecule has 1 N–H and O–H groups in total. The topological polar surface area (TPSA) is 91.3 Å². The molecule has 0 aliphatic carbocycles. The average molecular weight is 795 g/mol. The van der Waals surface area contributed by atoms with Gasteiger partial charge in [0, 0.05) is 13.0 Å². The van der Waals surface area contributed by atoms with Gasteiger partial charge in [0.1, 0.15) is 19.3 Å². The van der Waals surface area contributed by atoms with Crippen molar-refractivity contribution in [1.29, 1.82) is 0 Å². The normalized spacial score (nSPS) is 14.4. The highest BCUT2D eigenvalue weighted by atomic mass is 31.2. The van der Waals surface area contributed by atoms with E-state index in [0.29, 0.717) is 24.1 Å². The molecule has 55 heavy (non-hydrogen) atoms. The summed E-state index contributed by atoms with van der Waals surface area (Å²) < 4.78 is 35.0. The third kappa shape index (κ3) is 43.2. The maximum absolute atomic E-state index is 12.7. The number of esters is 1. The summed E-state index contributed by atoms with van der Waals surface area (Å²) in [5.74, 6) is -0.335. The molecule has 2 atom stereocenters. The molecule has 9 heteroatoms. The Bertz CT molecular complexity index is 1060. The first-order chi connectivity index (χ1) is 26.6. The molecule has 0 rings (SSSR count). The lowest BCUT2D eigenvalue weighted by Gasteiger charge is -2.24. The second kappa shape index (κ2) is 39.0. The number of carbonyl (C=O) groups is 1. The fourth-order valence-corrected chi connectivity index (χ4v) is 6.40. The van der Waals surface area contributed by atoms with Crippen molar-refractivity contribution in [2.45, 2.75) is 174 Å². The molecule has 2 unspecified atom stereocenters. The highest BCUT2D eigenvalue weighted by Crippen LogP contribution is 2.43. The van der Waals surface area contributed by atoms with Gasteiger partial charge >= 0.3 is 13.8 Å². The zero-order chi connectivity index (χ0) is 40.6. The van der Waals surface area contributed by atoms with Gasteiger partial charge in [0.2, 0.25) is 0 Å². The Morgan fingerprint density at radius 1 is 0.582 bits per heavy atom. The zero-order valence-corrected chi connectivity index (χ0v) is 37.0. The molecule has 0 aliphatic rings. The van der Waals surface area contributed by atoms with Crippen LogP contribution in [-0.2, 0) is 27.9 Å². The predicted molar refractivity (Wildman–Crippen MR) is 233 cm³/mol. The minimum atomic E-state index is -4.28. The number of likely N-dealkylation sites (N-methyl/N-ethyl adjacent to an activating group) is 1. The van der Waals surface area contributed by atoms with Crippen molar-refractivity contribution in [2.24, 2.45) is 0 Å². The molecule has 0 heterocycles. The Labute approximate surface area is 339 Å². The highest BCUT2D eigenvalue weighted by Gasteiger charge is 2.26. The Kier molecular flexibility index (Phi) is 37.8. The number of rotatable bonds is 40. The first-order valence-electron chi connectivity index (χ1n) is 22.0. The lowest BCUT2D eigenvalue weighted by molar-refractivity contribution is -0.870.